The number of aromatic nitrogens is 2. The number of carbonyl (C=O) groups excluding carboxylic acids is 1. The Labute approximate surface area is 133 Å². The lowest BCUT2D eigenvalue weighted by molar-refractivity contribution is 0.0525. The van der Waals surface area contributed by atoms with Gasteiger partial charge in [-0.2, -0.15) is 0 Å². The molecule has 118 valence electrons. The van der Waals surface area contributed by atoms with E-state index in [-0.39, 0.29) is 17.6 Å². The minimum absolute atomic E-state index is 0.0375. The Hall–Kier alpha value is -2.82. The molecule has 23 heavy (non-hydrogen) atoms. The predicted octanol–water partition coefficient (Wildman–Crippen LogP) is 3.32. The van der Waals surface area contributed by atoms with Gasteiger partial charge >= 0.3 is 5.97 Å². The Morgan fingerprint density at radius 3 is 2.57 bits per heavy atom. The number of pyridine rings is 1. The lowest BCUT2D eigenvalue weighted by Crippen LogP contribution is -2.21. The van der Waals surface area contributed by atoms with Crippen molar-refractivity contribution in [2.24, 2.45) is 0 Å². The van der Waals surface area contributed by atoms with E-state index in [0.29, 0.717) is 16.8 Å². The van der Waals surface area contributed by atoms with Crippen molar-refractivity contribution in [1.29, 1.82) is 0 Å². The van der Waals surface area contributed by atoms with Crippen LogP contribution in [0.3, 0.4) is 0 Å². The van der Waals surface area contributed by atoms with Crippen LogP contribution in [0.25, 0.3) is 22.3 Å². The summed E-state index contributed by atoms with van der Waals surface area (Å²) < 4.78 is 5.09. The summed E-state index contributed by atoms with van der Waals surface area (Å²) in [5.41, 5.74) is 3.39. The standard InChI is InChI=1S/C18H18N2O3/c1-4-23-18(22)14-16(12-6-5-9-19-12)20-15-11(3)8-7-10(2)13(15)17(14)21/h5-9,19H,4H2,1-3H3,(H,20,21). The number of hydrogen-bond donors (Lipinski definition) is 2. The lowest BCUT2D eigenvalue weighted by Gasteiger charge is -2.12. The zero-order valence-corrected chi connectivity index (χ0v) is 13.3. The largest absolute Gasteiger partial charge is 0.462 e. The Morgan fingerprint density at radius 1 is 1.17 bits per heavy atom. The van der Waals surface area contributed by atoms with E-state index in [4.69, 9.17) is 4.74 Å². The summed E-state index contributed by atoms with van der Waals surface area (Å²) >= 11 is 0. The van der Waals surface area contributed by atoms with Gasteiger partial charge in [0.05, 0.1) is 23.5 Å². The van der Waals surface area contributed by atoms with Crippen molar-refractivity contribution >= 4 is 16.9 Å². The molecule has 3 rings (SSSR count). The van der Waals surface area contributed by atoms with Crippen molar-refractivity contribution in [1.82, 2.24) is 9.97 Å². The van der Waals surface area contributed by atoms with E-state index < -0.39 is 5.97 Å². The molecule has 2 heterocycles. The number of benzene rings is 1. The second kappa shape index (κ2) is 5.76. The number of aromatic amines is 2. The van der Waals surface area contributed by atoms with E-state index in [1.807, 2.05) is 38.1 Å². The minimum Gasteiger partial charge on any atom is -0.462 e. The number of nitrogens with one attached hydrogen (secondary N) is 2. The maximum absolute atomic E-state index is 13.0. The Morgan fingerprint density at radius 2 is 1.91 bits per heavy atom. The van der Waals surface area contributed by atoms with Crippen LogP contribution in [0.4, 0.5) is 0 Å². The zero-order chi connectivity index (χ0) is 16.6. The van der Waals surface area contributed by atoms with Crippen LogP contribution in [0.15, 0.2) is 35.3 Å². The lowest BCUT2D eigenvalue weighted by atomic mass is 10.0. The molecule has 0 bridgehead atoms. The van der Waals surface area contributed by atoms with Crippen molar-refractivity contribution in [2.75, 3.05) is 6.61 Å². The van der Waals surface area contributed by atoms with Gasteiger partial charge in [-0.1, -0.05) is 12.1 Å². The van der Waals surface area contributed by atoms with Crippen LogP contribution < -0.4 is 5.43 Å². The molecule has 2 aromatic heterocycles. The van der Waals surface area contributed by atoms with Gasteiger partial charge in [0.25, 0.3) is 0 Å². The molecule has 0 radical (unpaired) electrons. The highest BCUT2D eigenvalue weighted by Crippen LogP contribution is 2.25. The summed E-state index contributed by atoms with van der Waals surface area (Å²) in [7, 11) is 0. The van der Waals surface area contributed by atoms with Gasteiger partial charge in [0.1, 0.15) is 5.56 Å². The first kappa shape index (κ1) is 15.1. The summed E-state index contributed by atoms with van der Waals surface area (Å²) in [5.74, 6) is -0.610. The molecule has 0 fully saturated rings. The van der Waals surface area contributed by atoms with Gasteiger partial charge in [-0.25, -0.2) is 4.79 Å². The molecule has 3 aromatic rings. The molecule has 0 amide bonds. The second-order valence-electron chi connectivity index (χ2n) is 5.46. The van der Waals surface area contributed by atoms with E-state index in [1.54, 1.807) is 13.1 Å². The fourth-order valence-electron chi connectivity index (χ4n) is 2.78. The average Bonchev–Trinajstić information content (AvgIpc) is 3.04. The summed E-state index contributed by atoms with van der Waals surface area (Å²) in [6.07, 6.45) is 1.75. The number of esters is 1. The van der Waals surface area contributed by atoms with Crippen LogP contribution in [0.1, 0.15) is 28.4 Å². The predicted molar refractivity (Wildman–Crippen MR) is 89.8 cm³/mol. The first-order chi connectivity index (χ1) is 11.0. The third-order valence-electron chi connectivity index (χ3n) is 3.92. The van der Waals surface area contributed by atoms with Gasteiger partial charge in [-0.05, 0) is 44.0 Å². The molecule has 0 spiro atoms. The van der Waals surface area contributed by atoms with Gasteiger partial charge in [-0.3, -0.25) is 4.79 Å². The number of aryl methyl sites for hydroxylation is 2. The zero-order valence-electron chi connectivity index (χ0n) is 13.3. The number of carbonyl (C=O) groups is 1. The smallest absolute Gasteiger partial charge is 0.344 e. The van der Waals surface area contributed by atoms with Crippen molar-refractivity contribution in [3.05, 3.63) is 57.4 Å². The molecular formula is C18H18N2O3. The van der Waals surface area contributed by atoms with E-state index >= 15 is 0 Å². The number of H-pyrrole nitrogens is 2. The summed E-state index contributed by atoms with van der Waals surface area (Å²) in [5, 5.41) is 0.531. The van der Waals surface area contributed by atoms with Gasteiger partial charge in [0, 0.05) is 11.6 Å². The Kier molecular flexibility index (Phi) is 3.78. The van der Waals surface area contributed by atoms with Crippen LogP contribution in [0, 0.1) is 13.8 Å². The molecule has 0 aliphatic rings. The van der Waals surface area contributed by atoms with E-state index in [0.717, 1.165) is 16.6 Å². The van der Waals surface area contributed by atoms with Gasteiger partial charge in [-0.15, -0.1) is 0 Å². The highest BCUT2D eigenvalue weighted by molar-refractivity contribution is 6.01. The van der Waals surface area contributed by atoms with Crippen LogP contribution in [-0.4, -0.2) is 22.5 Å². The molecule has 5 heteroatoms. The number of fused-ring (bicyclic) bond motifs is 1. The normalized spacial score (nSPS) is 10.9. The fraction of sp³-hybridized carbons (Fsp3) is 0.222. The molecule has 1 aromatic carbocycles. The molecule has 0 saturated heterocycles. The molecule has 0 aliphatic carbocycles. The van der Waals surface area contributed by atoms with Crippen molar-refractivity contribution in [2.45, 2.75) is 20.8 Å². The maximum atomic E-state index is 13.0. The van der Waals surface area contributed by atoms with E-state index in [9.17, 15) is 9.59 Å². The molecule has 0 unspecified atom stereocenters. The highest BCUT2D eigenvalue weighted by Gasteiger charge is 2.23. The summed E-state index contributed by atoms with van der Waals surface area (Å²) in [6.45, 7) is 5.73. The molecule has 0 atom stereocenters. The van der Waals surface area contributed by atoms with E-state index in [2.05, 4.69) is 9.97 Å². The monoisotopic (exact) mass is 310 g/mol. The number of hydrogen-bond acceptors (Lipinski definition) is 3. The van der Waals surface area contributed by atoms with Crippen LogP contribution >= 0.6 is 0 Å². The molecule has 0 saturated carbocycles. The molecular weight excluding hydrogens is 292 g/mol. The Bertz CT molecular complexity index is 937. The summed E-state index contributed by atoms with van der Waals surface area (Å²) in [4.78, 5) is 31.7. The Balaban J connectivity index is 2.45. The molecule has 0 aliphatic heterocycles. The van der Waals surface area contributed by atoms with Gasteiger partial charge in [0.2, 0.25) is 5.43 Å². The highest BCUT2D eigenvalue weighted by atomic mass is 16.5. The first-order valence-electron chi connectivity index (χ1n) is 7.51. The molecule has 2 N–H and O–H groups in total. The third-order valence-corrected chi connectivity index (χ3v) is 3.92. The van der Waals surface area contributed by atoms with E-state index in [1.165, 1.54) is 0 Å². The van der Waals surface area contributed by atoms with Crippen molar-refractivity contribution in [3.63, 3.8) is 0 Å². The second-order valence-corrected chi connectivity index (χ2v) is 5.46. The van der Waals surface area contributed by atoms with Crippen molar-refractivity contribution in [3.8, 4) is 11.4 Å². The van der Waals surface area contributed by atoms with Crippen molar-refractivity contribution < 1.29 is 9.53 Å². The average molecular weight is 310 g/mol. The topological polar surface area (TPSA) is 75.0 Å². The third kappa shape index (κ3) is 2.44. The number of rotatable bonds is 3. The maximum Gasteiger partial charge on any atom is 0.344 e. The van der Waals surface area contributed by atoms with Crippen LogP contribution in [0.2, 0.25) is 0 Å². The SMILES string of the molecule is CCOC(=O)c1c(-c2ccc[nH]2)[nH]c2c(C)ccc(C)c2c1=O. The van der Waals surface area contributed by atoms with Crippen LogP contribution in [-0.2, 0) is 4.74 Å². The quantitative estimate of drug-likeness (QED) is 0.729. The van der Waals surface area contributed by atoms with Gasteiger partial charge < -0.3 is 14.7 Å². The van der Waals surface area contributed by atoms with Crippen LogP contribution in [0.5, 0.6) is 0 Å². The first-order valence-corrected chi connectivity index (χ1v) is 7.51. The minimum atomic E-state index is -0.610. The molecule has 5 nitrogen and oxygen atoms in total. The van der Waals surface area contributed by atoms with Gasteiger partial charge in [0.15, 0.2) is 0 Å². The number of ether oxygens (including phenoxy) is 1. The fourth-order valence-corrected chi connectivity index (χ4v) is 2.78. The summed E-state index contributed by atoms with van der Waals surface area (Å²) in [6, 6.07) is 7.47.